The van der Waals surface area contributed by atoms with E-state index in [4.69, 9.17) is 9.47 Å². The molecule has 1 heterocycles. The lowest BCUT2D eigenvalue weighted by Gasteiger charge is -2.20. The van der Waals surface area contributed by atoms with Gasteiger partial charge < -0.3 is 19.7 Å². The second kappa shape index (κ2) is 8.77. The summed E-state index contributed by atoms with van der Waals surface area (Å²) in [6.07, 6.45) is 1.47. The van der Waals surface area contributed by atoms with Crippen molar-refractivity contribution in [2.45, 2.75) is 32.8 Å². The van der Waals surface area contributed by atoms with Gasteiger partial charge in [-0.15, -0.1) is 0 Å². The van der Waals surface area contributed by atoms with Crippen LogP contribution < -0.4 is 15.0 Å². The molecule has 1 aromatic rings. The van der Waals surface area contributed by atoms with Gasteiger partial charge in [0.1, 0.15) is 11.9 Å². The molecule has 1 saturated heterocycles. The fourth-order valence-electron chi connectivity index (χ4n) is 2.98. The Hall–Kier alpha value is -1.75. The van der Waals surface area contributed by atoms with Crippen LogP contribution in [0.4, 0.5) is 5.69 Å². The van der Waals surface area contributed by atoms with Crippen LogP contribution in [0, 0.1) is 5.92 Å². The molecule has 5 heteroatoms. The molecule has 128 valence electrons. The molecule has 0 saturated carbocycles. The van der Waals surface area contributed by atoms with Crippen LogP contribution >= 0.6 is 0 Å². The first-order valence-corrected chi connectivity index (χ1v) is 8.46. The van der Waals surface area contributed by atoms with E-state index in [1.54, 1.807) is 7.11 Å². The quantitative estimate of drug-likeness (QED) is 0.799. The van der Waals surface area contributed by atoms with E-state index in [0.29, 0.717) is 25.5 Å². The van der Waals surface area contributed by atoms with Crippen molar-refractivity contribution in [3.05, 3.63) is 24.3 Å². The third-order valence-electron chi connectivity index (χ3n) is 4.30. The normalized spacial score (nSPS) is 18.7. The van der Waals surface area contributed by atoms with E-state index < -0.39 is 0 Å². The molecule has 1 fully saturated rings. The number of amides is 1. The van der Waals surface area contributed by atoms with Crippen LogP contribution in [0.15, 0.2) is 24.3 Å². The summed E-state index contributed by atoms with van der Waals surface area (Å²) in [7, 11) is 1.68. The molecular formula is C18H28N2O3. The molecule has 0 spiro atoms. The molecule has 0 bridgehead atoms. The number of rotatable bonds is 8. The molecule has 0 radical (unpaired) electrons. The smallest absolute Gasteiger partial charge is 0.249 e. The molecule has 0 unspecified atom stereocenters. The van der Waals surface area contributed by atoms with Gasteiger partial charge in [-0.3, -0.25) is 4.79 Å². The van der Waals surface area contributed by atoms with Gasteiger partial charge in [-0.25, -0.2) is 0 Å². The van der Waals surface area contributed by atoms with E-state index in [9.17, 15) is 4.79 Å². The summed E-state index contributed by atoms with van der Waals surface area (Å²) in [5.41, 5.74) is 1.18. The standard InChI is InChI=1S/C18H28N2O3/c1-4-17(23-5-2)18(21)19-12-14-9-10-20(13-14)15-7-6-8-16(11-15)22-3/h6-8,11,14,17H,4-5,9-10,12-13H2,1-3H3,(H,19,21)/t14-,17+/m0/s1. The number of hydrogen-bond donors (Lipinski definition) is 1. The Morgan fingerprint density at radius 3 is 2.96 bits per heavy atom. The zero-order valence-corrected chi connectivity index (χ0v) is 14.4. The van der Waals surface area contributed by atoms with Crippen molar-refractivity contribution >= 4 is 11.6 Å². The van der Waals surface area contributed by atoms with Gasteiger partial charge in [0.05, 0.1) is 7.11 Å². The highest BCUT2D eigenvalue weighted by Gasteiger charge is 2.24. The topological polar surface area (TPSA) is 50.8 Å². The Bertz CT molecular complexity index is 507. The lowest BCUT2D eigenvalue weighted by Crippen LogP contribution is -2.39. The van der Waals surface area contributed by atoms with Crippen molar-refractivity contribution in [3.63, 3.8) is 0 Å². The number of ether oxygens (including phenoxy) is 2. The summed E-state index contributed by atoms with van der Waals surface area (Å²) in [5, 5.41) is 3.04. The fourth-order valence-corrected chi connectivity index (χ4v) is 2.98. The number of methoxy groups -OCH3 is 1. The minimum Gasteiger partial charge on any atom is -0.497 e. The predicted molar refractivity (Wildman–Crippen MR) is 92.0 cm³/mol. The molecule has 1 amide bonds. The number of anilines is 1. The van der Waals surface area contributed by atoms with Crippen LogP contribution in [0.25, 0.3) is 0 Å². The maximum absolute atomic E-state index is 12.1. The number of benzene rings is 1. The lowest BCUT2D eigenvalue weighted by molar-refractivity contribution is -0.132. The van der Waals surface area contributed by atoms with Gasteiger partial charge in [-0.05, 0) is 37.8 Å². The molecule has 1 N–H and O–H groups in total. The van der Waals surface area contributed by atoms with Crippen molar-refractivity contribution in [2.24, 2.45) is 5.92 Å². The van der Waals surface area contributed by atoms with Crippen LogP contribution in [0.1, 0.15) is 26.7 Å². The Kier molecular flexibility index (Phi) is 6.71. The van der Waals surface area contributed by atoms with Gasteiger partial charge in [0.25, 0.3) is 0 Å². The van der Waals surface area contributed by atoms with E-state index in [1.165, 1.54) is 5.69 Å². The molecular weight excluding hydrogens is 292 g/mol. The van der Waals surface area contributed by atoms with Gasteiger partial charge in [0.15, 0.2) is 0 Å². The van der Waals surface area contributed by atoms with Gasteiger partial charge >= 0.3 is 0 Å². The number of carbonyl (C=O) groups is 1. The molecule has 5 nitrogen and oxygen atoms in total. The molecule has 23 heavy (non-hydrogen) atoms. The Morgan fingerprint density at radius 1 is 1.43 bits per heavy atom. The van der Waals surface area contributed by atoms with Crippen molar-refractivity contribution in [1.82, 2.24) is 5.32 Å². The van der Waals surface area contributed by atoms with E-state index in [0.717, 1.165) is 25.3 Å². The molecule has 2 rings (SSSR count). The molecule has 2 atom stereocenters. The van der Waals surface area contributed by atoms with Crippen molar-refractivity contribution < 1.29 is 14.3 Å². The third kappa shape index (κ3) is 4.86. The Morgan fingerprint density at radius 2 is 2.26 bits per heavy atom. The highest BCUT2D eigenvalue weighted by molar-refractivity contribution is 5.80. The van der Waals surface area contributed by atoms with Crippen LogP contribution in [-0.4, -0.2) is 45.4 Å². The highest BCUT2D eigenvalue weighted by atomic mass is 16.5. The first kappa shape index (κ1) is 17.6. The maximum atomic E-state index is 12.1. The predicted octanol–water partition coefficient (Wildman–Crippen LogP) is 2.45. The van der Waals surface area contributed by atoms with Crippen molar-refractivity contribution in [3.8, 4) is 5.75 Å². The Balaban J connectivity index is 1.82. The summed E-state index contributed by atoms with van der Waals surface area (Å²) < 4.78 is 10.7. The minimum absolute atomic E-state index is 0.00850. The largest absolute Gasteiger partial charge is 0.497 e. The average molecular weight is 320 g/mol. The summed E-state index contributed by atoms with van der Waals surface area (Å²) >= 11 is 0. The summed E-state index contributed by atoms with van der Waals surface area (Å²) in [5.74, 6) is 1.36. The summed E-state index contributed by atoms with van der Waals surface area (Å²) in [6.45, 7) is 7.13. The Labute approximate surface area is 139 Å². The van der Waals surface area contributed by atoms with Crippen LogP contribution in [-0.2, 0) is 9.53 Å². The van der Waals surface area contributed by atoms with Crippen LogP contribution in [0.3, 0.4) is 0 Å². The van der Waals surface area contributed by atoms with Crippen LogP contribution in [0.5, 0.6) is 5.75 Å². The van der Waals surface area contributed by atoms with Crippen molar-refractivity contribution in [2.75, 3.05) is 38.3 Å². The molecule has 0 aromatic heterocycles. The number of hydrogen-bond acceptors (Lipinski definition) is 4. The van der Waals surface area contributed by atoms with Gasteiger partial charge in [0.2, 0.25) is 5.91 Å². The first-order valence-electron chi connectivity index (χ1n) is 8.46. The minimum atomic E-state index is -0.323. The lowest BCUT2D eigenvalue weighted by atomic mass is 10.1. The van der Waals surface area contributed by atoms with E-state index >= 15 is 0 Å². The van der Waals surface area contributed by atoms with Gasteiger partial charge in [0, 0.05) is 38.0 Å². The summed E-state index contributed by atoms with van der Waals surface area (Å²) in [6, 6.07) is 8.13. The molecule has 1 aliphatic rings. The van der Waals surface area contributed by atoms with E-state index in [1.807, 2.05) is 26.0 Å². The third-order valence-corrected chi connectivity index (χ3v) is 4.30. The van der Waals surface area contributed by atoms with E-state index in [2.05, 4.69) is 22.3 Å². The number of nitrogens with zero attached hydrogens (tertiary/aromatic N) is 1. The molecule has 1 aromatic carbocycles. The van der Waals surface area contributed by atoms with E-state index in [-0.39, 0.29) is 12.0 Å². The van der Waals surface area contributed by atoms with Crippen molar-refractivity contribution in [1.29, 1.82) is 0 Å². The maximum Gasteiger partial charge on any atom is 0.249 e. The average Bonchev–Trinajstić information content (AvgIpc) is 3.06. The first-order chi connectivity index (χ1) is 11.2. The number of carbonyl (C=O) groups excluding carboxylic acids is 1. The zero-order chi connectivity index (χ0) is 16.7. The fraction of sp³-hybridized carbons (Fsp3) is 0.611. The SMILES string of the molecule is CCO[C@H](CC)C(=O)NC[C@@H]1CCN(c2cccc(OC)c2)C1. The van der Waals surface area contributed by atoms with Gasteiger partial charge in [-0.1, -0.05) is 13.0 Å². The zero-order valence-electron chi connectivity index (χ0n) is 14.4. The second-order valence-corrected chi connectivity index (χ2v) is 5.90. The second-order valence-electron chi connectivity index (χ2n) is 5.90. The molecule has 1 aliphatic heterocycles. The highest BCUT2D eigenvalue weighted by Crippen LogP contribution is 2.26. The van der Waals surface area contributed by atoms with Gasteiger partial charge in [-0.2, -0.15) is 0 Å². The van der Waals surface area contributed by atoms with Crippen LogP contribution in [0.2, 0.25) is 0 Å². The monoisotopic (exact) mass is 320 g/mol. The summed E-state index contributed by atoms with van der Waals surface area (Å²) in [4.78, 5) is 14.4. The molecule has 0 aliphatic carbocycles. The number of nitrogens with one attached hydrogen (secondary N) is 1.